The highest BCUT2D eigenvalue weighted by atomic mass is 35.5. The lowest BCUT2D eigenvalue weighted by Crippen LogP contribution is -2.49. The standard InChI is InChI=1S/C45H57ClN2O5/c1-30(2)24-39(47-43(52)35(19-16-32-12-8-6-9-13-32)28-38(49)27-34-17-20-37(46)21-18-34)41(50)29-36(26-33-14-10-7-11-15-33)44(53)48-40(25-31(3)4)42(51)45(5)22-23-45/h6-15,17-18,20-21,30-31,35-36,39-40H,16,19,22-29H2,1-5H3,(H,47,52)(H,48,53)/t35-,36-,39?,40?/m1/s1. The number of Topliss-reactive ketones (excluding diaryl/α,β-unsaturated/α-hetero) is 3. The summed E-state index contributed by atoms with van der Waals surface area (Å²) >= 11 is 6.04. The van der Waals surface area contributed by atoms with Crippen molar-refractivity contribution in [1.82, 2.24) is 10.6 Å². The molecule has 3 aromatic carbocycles. The van der Waals surface area contributed by atoms with Crippen molar-refractivity contribution in [2.24, 2.45) is 29.1 Å². The Morgan fingerprint density at radius 3 is 1.75 bits per heavy atom. The second-order valence-corrected chi connectivity index (χ2v) is 16.6. The van der Waals surface area contributed by atoms with Crippen LogP contribution in [0.5, 0.6) is 0 Å². The van der Waals surface area contributed by atoms with Crippen molar-refractivity contribution in [2.75, 3.05) is 0 Å². The Labute approximate surface area is 321 Å². The van der Waals surface area contributed by atoms with Gasteiger partial charge >= 0.3 is 0 Å². The minimum absolute atomic E-state index is 0.0348. The van der Waals surface area contributed by atoms with Crippen LogP contribution >= 0.6 is 11.6 Å². The van der Waals surface area contributed by atoms with E-state index in [0.717, 1.165) is 29.5 Å². The van der Waals surface area contributed by atoms with Crippen LogP contribution < -0.4 is 10.6 Å². The molecule has 2 unspecified atom stereocenters. The molecule has 7 nitrogen and oxygen atoms in total. The molecule has 2 amide bonds. The Balaban J connectivity index is 1.53. The molecule has 0 aromatic heterocycles. The van der Waals surface area contributed by atoms with E-state index < -0.39 is 29.3 Å². The number of rotatable bonds is 22. The maximum Gasteiger partial charge on any atom is 0.224 e. The summed E-state index contributed by atoms with van der Waals surface area (Å²) in [7, 11) is 0. The Morgan fingerprint density at radius 1 is 0.660 bits per heavy atom. The molecule has 0 bridgehead atoms. The highest BCUT2D eigenvalue weighted by Crippen LogP contribution is 2.47. The summed E-state index contributed by atoms with van der Waals surface area (Å²) in [4.78, 5) is 69.2. The van der Waals surface area contributed by atoms with Gasteiger partial charge in [-0.2, -0.15) is 0 Å². The Kier molecular flexibility index (Phi) is 15.6. The van der Waals surface area contributed by atoms with Gasteiger partial charge in [0.1, 0.15) is 5.78 Å². The fourth-order valence-electron chi connectivity index (χ4n) is 6.91. The molecule has 2 N–H and O–H groups in total. The fraction of sp³-hybridized carbons (Fsp3) is 0.489. The van der Waals surface area contributed by atoms with Crippen LogP contribution in [0.15, 0.2) is 84.9 Å². The lowest BCUT2D eigenvalue weighted by Gasteiger charge is -2.27. The predicted octanol–water partition coefficient (Wildman–Crippen LogP) is 8.34. The van der Waals surface area contributed by atoms with E-state index in [9.17, 15) is 24.0 Å². The number of amides is 2. The van der Waals surface area contributed by atoms with Crippen LogP contribution in [0.1, 0.15) is 96.3 Å². The van der Waals surface area contributed by atoms with E-state index in [4.69, 9.17) is 11.6 Å². The first-order chi connectivity index (χ1) is 25.2. The van der Waals surface area contributed by atoms with Gasteiger partial charge in [-0.3, -0.25) is 24.0 Å². The molecule has 53 heavy (non-hydrogen) atoms. The van der Waals surface area contributed by atoms with Gasteiger partial charge < -0.3 is 10.6 Å². The zero-order valence-electron chi connectivity index (χ0n) is 32.0. The number of hydrogen-bond acceptors (Lipinski definition) is 5. The van der Waals surface area contributed by atoms with Gasteiger partial charge in [-0.25, -0.2) is 0 Å². The van der Waals surface area contributed by atoms with E-state index in [2.05, 4.69) is 10.6 Å². The molecule has 3 aromatic rings. The van der Waals surface area contributed by atoms with Gasteiger partial charge in [0.25, 0.3) is 0 Å². The van der Waals surface area contributed by atoms with Crippen molar-refractivity contribution in [1.29, 1.82) is 0 Å². The Morgan fingerprint density at radius 2 is 1.19 bits per heavy atom. The van der Waals surface area contributed by atoms with Gasteiger partial charge in [0.2, 0.25) is 11.8 Å². The average molecular weight is 741 g/mol. The van der Waals surface area contributed by atoms with E-state index in [1.54, 1.807) is 12.1 Å². The number of ketones is 3. The summed E-state index contributed by atoms with van der Waals surface area (Å²) in [5.41, 5.74) is 2.38. The number of carbonyl (C=O) groups is 5. The molecule has 0 saturated heterocycles. The predicted molar refractivity (Wildman–Crippen MR) is 211 cm³/mol. The number of halogens is 1. The molecule has 1 fully saturated rings. The Bertz CT molecular complexity index is 1670. The van der Waals surface area contributed by atoms with Gasteiger partial charge in [-0.15, -0.1) is 0 Å². The third kappa shape index (κ3) is 13.7. The molecule has 4 atom stereocenters. The number of nitrogens with one attached hydrogen (secondary N) is 2. The van der Waals surface area contributed by atoms with Crippen molar-refractivity contribution in [3.05, 3.63) is 107 Å². The molecule has 0 aliphatic heterocycles. The number of hydrogen-bond donors (Lipinski definition) is 2. The van der Waals surface area contributed by atoms with Crippen LogP contribution in [0.2, 0.25) is 5.02 Å². The molecule has 0 spiro atoms. The summed E-state index contributed by atoms with van der Waals surface area (Å²) in [6.45, 7) is 10.00. The van der Waals surface area contributed by atoms with E-state index in [-0.39, 0.29) is 60.3 Å². The van der Waals surface area contributed by atoms with Crippen LogP contribution in [0.3, 0.4) is 0 Å². The molecule has 1 saturated carbocycles. The second kappa shape index (κ2) is 19.8. The highest BCUT2D eigenvalue weighted by Gasteiger charge is 2.48. The highest BCUT2D eigenvalue weighted by molar-refractivity contribution is 6.30. The topological polar surface area (TPSA) is 109 Å². The normalized spacial score (nSPS) is 15.6. The third-order valence-electron chi connectivity index (χ3n) is 10.3. The Hall–Kier alpha value is -4.10. The second-order valence-electron chi connectivity index (χ2n) is 16.1. The van der Waals surface area contributed by atoms with Gasteiger partial charge in [0.05, 0.1) is 12.1 Å². The van der Waals surface area contributed by atoms with Crippen LogP contribution in [0, 0.1) is 29.1 Å². The minimum atomic E-state index is -0.836. The van der Waals surface area contributed by atoms with Gasteiger partial charge in [-0.05, 0) is 85.6 Å². The average Bonchev–Trinajstić information content (AvgIpc) is 3.88. The maximum absolute atomic E-state index is 14.2. The molecule has 4 rings (SSSR count). The molecule has 1 aliphatic rings. The van der Waals surface area contributed by atoms with Crippen molar-refractivity contribution in [3.8, 4) is 0 Å². The number of benzene rings is 3. The van der Waals surface area contributed by atoms with Crippen molar-refractivity contribution < 1.29 is 24.0 Å². The SMILES string of the molecule is CC(C)CC(NC(=O)[C@H](CCc1ccccc1)CC(=O)Cc1ccc(Cl)cc1)C(=O)C[C@@H](Cc1ccccc1)C(=O)NC(CC(C)C)C(=O)C1(C)CC1. The van der Waals surface area contributed by atoms with Crippen molar-refractivity contribution in [2.45, 2.75) is 111 Å². The van der Waals surface area contributed by atoms with Crippen LogP contribution in [-0.4, -0.2) is 41.2 Å². The first kappa shape index (κ1) is 41.7. The summed E-state index contributed by atoms with van der Waals surface area (Å²) in [6, 6.07) is 25.0. The van der Waals surface area contributed by atoms with Gasteiger partial charge in [0.15, 0.2) is 11.6 Å². The summed E-state index contributed by atoms with van der Waals surface area (Å²) in [5, 5.41) is 6.69. The van der Waals surface area contributed by atoms with Crippen molar-refractivity contribution in [3.63, 3.8) is 0 Å². The maximum atomic E-state index is 14.2. The zero-order valence-corrected chi connectivity index (χ0v) is 32.8. The first-order valence-electron chi connectivity index (χ1n) is 19.2. The van der Waals surface area contributed by atoms with E-state index in [1.165, 1.54) is 0 Å². The third-order valence-corrected chi connectivity index (χ3v) is 10.5. The van der Waals surface area contributed by atoms with E-state index >= 15 is 0 Å². The first-order valence-corrected chi connectivity index (χ1v) is 19.6. The van der Waals surface area contributed by atoms with Crippen LogP contribution in [0.4, 0.5) is 0 Å². The molecular formula is C45H57ClN2O5. The lowest BCUT2D eigenvalue weighted by molar-refractivity contribution is -0.135. The molecule has 0 heterocycles. The smallest absolute Gasteiger partial charge is 0.224 e. The number of aryl methyl sites for hydroxylation is 1. The summed E-state index contributed by atoms with van der Waals surface area (Å²) in [5.74, 6) is -2.03. The molecule has 284 valence electrons. The quantitative estimate of drug-likeness (QED) is 0.108. The molecule has 8 heteroatoms. The van der Waals surface area contributed by atoms with Crippen LogP contribution in [-0.2, 0) is 43.2 Å². The largest absolute Gasteiger partial charge is 0.346 e. The van der Waals surface area contributed by atoms with E-state index in [0.29, 0.717) is 37.1 Å². The summed E-state index contributed by atoms with van der Waals surface area (Å²) in [6.07, 6.45) is 4.03. The summed E-state index contributed by atoms with van der Waals surface area (Å²) < 4.78 is 0. The molecule has 0 radical (unpaired) electrons. The number of carbonyl (C=O) groups excluding carboxylic acids is 5. The van der Waals surface area contributed by atoms with Gasteiger partial charge in [0, 0.05) is 41.5 Å². The fourth-order valence-corrected chi connectivity index (χ4v) is 7.03. The van der Waals surface area contributed by atoms with Gasteiger partial charge in [-0.1, -0.05) is 119 Å². The van der Waals surface area contributed by atoms with Crippen molar-refractivity contribution >= 4 is 40.8 Å². The zero-order chi connectivity index (χ0) is 38.5. The monoisotopic (exact) mass is 740 g/mol. The lowest BCUT2D eigenvalue weighted by atomic mass is 9.87. The molecule has 1 aliphatic carbocycles. The van der Waals surface area contributed by atoms with E-state index in [1.807, 2.05) is 107 Å². The molecular weight excluding hydrogens is 684 g/mol. The minimum Gasteiger partial charge on any atom is -0.346 e. The van der Waals surface area contributed by atoms with Crippen LogP contribution in [0.25, 0.3) is 0 Å².